The Hall–Kier alpha value is -1.95. The zero-order valence-electron chi connectivity index (χ0n) is 10.9. The van der Waals surface area contributed by atoms with E-state index in [1.54, 1.807) is 13.0 Å². The van der Waals surface area contributed by atoms with Gasteiger partial charge in [0.15, 0.2) is 0 Å². The van der Waals surface area contributed by atoms with Crippen LogP contribution >= 0.6 is 11.3 Å². The Bertz CT molecular complexity index is 700. The lowest BCUT2D eigenvalue weighted by Crippen LogP contribution is -2.23. The summed E-state index contributed by atoms with van der Waals surface area (Å²) in [7, 11) is 0. The van der Waals surface area contributed by atoms with E-state index in [-0.39, 0.29) is 11.5 Å². The molecule has 2 aromatic heterocycles. The summed E-state index contributed by atoms with van der Waals surface area (Å²) in [4.78, 5) is 29.6. The van der Waals surface area contributed by atoms with Gasteiger partial charge in [0.05, 0.1) is 16.6 Å². The van der Waals surface area contributed by atoms with E-state index in [4.69, 9.17) is 0 Å². The fraction of sp³-hybridized carbons (Fsp3) is 0.308. The molecule has 0 spiro atoms. The third-order valence-corrected chi connectivity index (χ3v) is 4.07. The molecule has 19 heavy (non-hydrogen) atoms. The average molecular weight is 277 g/mol. The van der Waals surface area contributed by atoms with Gasteiger partial charge in [-0.2, -0.15) is 0 Å². The molecular formula is C13H15N3O2S. The van der Waals surface area contributed by atoms with Crippen LogP contribution in [0.2, 0.25) is 0 Å². The normalized spacial score (nSPS) is 10.6. The Morgan fingerprint density at radius 1 is 1.63 bits per heavy atom. The maximum Gasteiger partial charge on any atom is 0.262 e. The first-order valence-electron chi connectivity index (χ1n) is 5.97. The Morgan fingerprint density at radius 3 is 3.00 bits per heavy atom. The van der Waals surface area contributed by atoms with Crippen LogP contribution in [0.25, 0.3) is 10.2 Å². The smallest absolute Gasteiger partial charge is 0.262 e. The summed E-state index contributed by atoms with van der Waals surface area (Å²) < 4.78 is 1.54. The second kappa shape index (κ2) is 5.36. The fourth-order valence-corrected chi connectivity index (χ4v) is 2.90. The van der Waals surface area contributed by atoms with Gasteiger partial charge in [-0.15, -0.1) is 17.9 Å². The number of aromatic nitrogens is 2. The third-order valence-electron chi connectivity index (χ3n) is 2.87. The predicted octanol–water partition coefficient (Wildman–Crippen LogP) is 1.70. The number of hydrogen-bond donors (Lipinski definition) is 1. The Labute approximate surface area is 114 Å². The van der Waals surface area contributed by atoms with Gasteiger partial charge >= 0.3 is 0 Å². The second-order valence-electron chi connectivity index (χ2n) is 4.07. The van der Waals surface area contributed by atoms with Gasteiger partial charge < -0.3 is 5.32 Å². The average Bonchev–Trinajstić information content (AvgIpc) is 2.74. The van der Waals surface area contributed by atoms with Gasteiger partial charge in [-0.3, -0.25) is 14.2 Å². The van der Waals surface area contributed by atoms with E-state index < -0.39 is 0 Å². The Kier molecular flexibility index (Phi) is 3.80. The van der Waals surface area contributed by atoms with Crippen molar-refractivity contribution in [3.05, 3.63) is 39.8 Å². The van der Waals surface area contributed by atoms with Crippen molar-refractivity contribution < 1.29 is 4.79 Å². The van der Waals surface area contributed by atoms with Crippen LogP contribution in [0, 0.1) is 6.92 Å². The fourth-order valence-electron chi connectivity index (χ4n) is 1.85. The van der Waals surface area contributed by atoms with Gasteiger partial charge in [0, 0.05) is 13.1 Å². The zero-order valence-corrected chi connectivity index (χ0v) is 11.7. The van der Waals surface area contributed by atoms with E-state index in [1.807, 2.05) is 6.92 Å². The van der Waals surface area contributed by atoms with Crippen LogP contribution in [0.4, 0.5) is 0 Å². The predicted molar refractivity (Wildman–Crippen MR) is 76.8 cm³/mol. The van der Waals surface area contributed by atoms with E-state index in [9.17, 15) is 9.59 Å². The third kappa shape index (κ3) is 2.31. The van der Waals surface area contributed by atoms with Gasteiger partial charge in [-0.05, 0) is 19.4 Å². The Balaban J connectivity index is 2.57. The van der Waals surface area contributed by atoms with Crippen LogP contribution in [0.5, 0.6) is 0 Å². The van der Waals surface area contributed by atoms with Crippen molar-refractivity contribution in [1.29, 1.82) is 0 Å². The summed E-state index contributed by atoms with van der Waals surface area (Å²) >= 11 is 1.25. The minimum absolute atomic E-state index is 0.0935. The number of aryl methyl sites for hydroxylation is 2. The molecule has 100 valence electrons. The second-order valence-corrected chi connectivity index (χ2v) is 5.07. The lowest BCUT2D eigenvalue weighted by molar-refractivity contribution is 0.0961. The van der Waals surface area contributed by atoms with Crippen LogP contribution in [-0.2, 0) is 6.54 Å². The highest BCUT2D eigenvalue weighted by atomic mass is 32.1. The van der Waals surface area contributed by atoms with E-state index in [2.05, 4.69) is 16.9 Å². The summed E-state index contributed by atoms with van der Waals surface area (Å²) in [5.41, 5.74) is 0.603. The highest BCUT2D eigenvalue weighted by molar-refractivity contribution is 7.20. The van der Waals surface area contributed by atoms with E-state index in [0.29, 0.717) is 33.7 Å². The minimum atomic E-state index is -0.192. The number of thiophene rings is 1. The van der Waals surface area contributed by atoms with Crippen molar-refractivity contribution >= 4 is 27.5 Å². The van der Waals surface area contributed by atoms with Crippen molar-refractivity contribution in [2.24, 2.45) is 0 Å². The maximum atomic E-state index is 12.2. The molecule has 0 saturated carbocycles. The quantitative estimate of drug-likeness (QED) is 0.865. The number of rotatable bonds is 4. The first kappa shape index (κ1) is 13.5. The van der Waals surface area contributed by atoms with E-state index in [1.165, 1.54) is 22.2 Å². The number of carbonyl (C=O) groups excluding carboxylic acids is 1. The molecule has 1 N–H and O–H groups in total. The van der Waals surface area contributed by atoms with Crippen LogP contribution in [0.1, 0.15) is 22.2 Å². The molecule has 1 amide bonds. The molecule has 0 unspecified atom stereocenters. The van der Waals surface area contributed by atoms with Crippen molar-refractivity contribution in [3.8, 4) is 0 Å². The van der Waals surface area contributed by atoms with Crippen molar-refractivity contribution in [1.82, 2.24) is 14.9 Å². The SMILES string of the molecule is C=CCNC(=O)c1sc2ncn(CC)c(=O)c2c1C. The summed E-state index contributed by atoms with van der Waals surface area (Å²) in [5.74, 6) is -0.192. The molecule has 0 saturated heterocycles. The molecule has 0 fully saturated rings. The van der Waals surface area contributed by atoms with Gasteiger partial charge in [0.1, 0.15) is 4.83 Å². The number of fused-ring (bicyclic) bond motifs is 1. The molecule has 0 radical (unpaired) electrons. The first-order chi connectivity index (χ1) is 9.10. The van der Waals surface area contributed by atoms with Crippen LogP contribution in [0.3, 0.4) is 0 Å². The van der Waals surface area contributed by atoms with Crippen LogP contribution in [0.15, 0.2) is 23.8 Å². The molecule has 2 heterocycles. The number of carbonyl (C=O) groups is 1. The topological polar surface area (TPSA) is 64.0 Å². The van der Waals surface area contributed by atoms with E-state index >= 15 is 0 Å². The summed E-state index contributed by atoms with van der Waals surface area (Å²) in [6.45, 7) is 8.18. The minimum Gasteiger partial charge on any atom is -0.348 e. The highest BCUT2D eigenvalue weighted by Crippen LogP contribution is 2.26. The van der Waals surface area contributed by atoms with Crippen LogP contribution < -0.4 is 10.9 Å². The van der Waals surface area contributed by atoms with Crippen LogP contribution in [-0.4, -0.2) is 22.0 Å². The number of nitrogens with zero attached hydrogens (tertiary/aromatic N) is 2. The molecule has 6 heteroatoms. The number of hydrogen-bond acceptors (Lipinski definition) is 4. The molecule has 2 rings (SSSR count). The van der Waals surface area contributed by atoms with E-state index in [0.717, 1.165) is 0 Å². The van der Waals surface area contributed by atoms with Crippen molar-refractivity contribution in [2.45, 2.75) is 20.4 Å². The molecule has 5 nitrogen and oxygen atoms in total. The summed E-state index contributed by atoms with van der Waals surface area (Å²) in [6.07, 6.45) is 3.13. The highest BCUT2D eigenvalue weighted by Gasteiger charge is 2.18. The molecule has 0 aliphatic heterocycles. The molecule has 0 bridgehead atoms. The summed E-state index contributed by atoms with van der Waals surface area (Å²) in [5, 5.41) is 3.26. The van der Waals surface area contributed by atoms with Crippen molar-refractivity contribution in [3.63, 3.8) is 0 Å². The largest absolute Gasteiger partial charge is 0.348 e. The van der Waals surface area contributed by atoms with Crippen molar-refractivity contribution in [2.75, 3.05) is 6.54 Å². The maximum absolute atomic E-state index is 12.2. The lowest BCUT2D eigenvalue weighted by Gasteiger charge is -2.01. The molecule has 2 aromatic rings. The molecule has 0 aliphatic carbocycles. The van der Waals surface area contributed by atoms with Gasteiger partial charge in [-0.1, -0.05) is 6.08 Å². The molecule has 0 atom stereocenters. The first-order valence-corrected chi connectivity index (χ1v) is 6.79. The van der Waals surface area contributed by atoms with Gasteiger partial charge in [-0.25, -0.2) is 4.98 Å². The molecule has 0 aromatic carbocycles. The lowest BCUT2D eigenvalue weighted by atomic mass is 10.2. The Morgan fingerprint density at radius 2 is 2.37 bits per heavy atom. The number of nitrogens with one attached hydrogen (secondary N) is 1. The monoisotopic (exact) mass is 277 g/mol. The van der Waals surface area contributed by atoms with Gasteiger partial charge in [0.2, 0.25) is 0 Å². The van der Waals surface area contributed by atoms with Gasteiger partial charge in [0.25, 0.3) is 11.5 Å². The number of amides is 1. The molecule has 0 aliphatic rings. The standard InChI is InChI=1S/C13H15N3O2S/c1-4-6-14-11(17)10-8(3)9-12(19-10)15-7-16(5-2)13(9)18/h4,7H,1,5-6H2,2-3H3,(H,14,17). The summed E-state index contributed by atoms with van der Waals surface area (Å²) in [6, 6.07) is 0. The zero-order chi connectivity index (χ0) is 14.0. The molecular weight excluding hydrogens is 262 g/mol.